The Bertz CT molecular complexity index is 576. The van der Waals surface area contributed by atoms with E-state index in [0.29, 0.717) is 11.4 Å². The smallest absolute Gasteiger partial charge is 0.337 e. The molecule has 113 valence electrons. The van der Waals surface area contributed by atoms with Crippen LogP contribution >= 0.6 is 0 Å². The van der Waals surface area contributed by atoms with Crippen LogP contribution in [0.4, 0.5) is 11.4 Å². The minimum atomic E-state index is -0.988. The molecule has 0 fully saturated rings. The summed E-state index contributed by atoms with van der Waals surface area (Å²) >= 11 is 0. The average molecular weight is 333 g/mol. The predicted molar refractivity (Wildman–Crippen MR) is 75.6 cm³/mol. The number of hydrogen-bond donors (Lipinski definition) is 4. The number of para-hydroxylation sites is 2. The first-order valence-corrected chi connectivity index (χ1v) is 5.59. The fourth-order valence-corrected chi connectivity index (χ4v) is 1.38. The number of nitrogen functional groups attached to an aromatic ring is 2. The van der Waals surface area contributed by atoms with Crippen molar-refractivity contribution in [3.05, 3.63) is 59.7 Å². The first kappa shape index (κ1) is 18.5. The number of benzene rings is 2. The van der Waals surface area contributed by atoms with E-state index >= 15 is 0 Å². The van der Waals surface area contributed by atoms with Crippen LogP contribution in [0.2, 0.25) is 0 Å². The van der Waals surface area contributed by atoms with E-state index in [2.05, 4.69) is 0 Å². The first-order chi connectivity index (χ1) is 9.43. The van der Waals surface area contributed by atoms with E-state index in [1.54, 1.807) is 36.4 Å². The molecule has 0 spiro atoms. The van der Waals surface area contributed by atoms with Crippen molar-refractivity contribution < 1.29 is 36.6 Å². The molecule has 2 rings (SSSR count). The molecule has 0 aliphatic rings. The normalized spacial score (nSPS) is 8.76. The Hall–Kier alpha value is -2.51. The zero-order chi connectivity index (χ0) is 15.1. The molecule has 6 nitrogen and oxygen atoms in total. The molecule has 0 atom stereocenters. The van der Waals surface area contributed by atoms with E-state index in [1.165, 1.54) is 12.1 Å². The summed E-state index contributed by atoms with van der Waals surface area (Å²) in [5, 5.41) is 17.0. The quantitative estimate of drug-likeness (QED) is 0.622. The van der Waals surface area contributed by atoms with Crippen LogP contribution in [0.3, 0.4) is 0 Å². The summed E-state index contributed by atoms with van der Waals surface area (Å²) in [6.07, 6.45) is 0. The summed E-state index contributed by atoms with van der Waals surface area (Å²) in [4.78, 5) is 20.7. The van der Waals surface area contributed by atoms with Crippen LogP contribution in [-0.2, 0) is 16.8 Å². The Kier molecular flexibility index (Phi) is 7.59. The van der Waals surface area contributed by atoms with E-state index in [-0.39, 0.29) is 27.9 Å². The Labute approximate surface area is 131 Å². The molecule has 0 unspecified atom stereocenters. The molecule has 2 aromatic carbocycles. The van der Waals surface area contributed by atoms with Crippen molar-refractivity contribution in [2.75, 3.05) is 11.5 Å². The SMILES string of the molecule is Nc1ccccc1C(=O)O.Nc1ccccc1C(=O)O.[Co]. The number of nitrogens with two attached hydrogens (primary N) is 2. The number of rotatable bonds is 2. The van der Waals surface area contributed by atoms with Crippen molar-refractivity contribution >= 4 is 23.3 Å². The molecule has 0 aliphatic heterocycles. The maximum absolute atomic E-state index is 10.3. The minimum absolute atomic E-state index is 0. The van der Waals surface area contributed by atoms with Gasteiger partial charge in [-0.1, -0.05) is 24.3 Å². The van der Waals surface area contributed by atoms with Crippen molar-refractivity contribution in [2.45, 2.75) is 0 Å². The molecule has 21 heavy (non-hydrogen) atoms. The fourth-order valence-electron chi connectivity index (χ4n) is 1.38. The maximum atomic E-state index is 10.3. The van der Waals surface area contributed by atoms with Crippen molar-refractivity contribution in [3.63, 3.8) is 0 Å². The number of hydrogen-bond acceptors (Lipinski definition) is 4. The first-order valence-electron chi connectivity index (χ1n) is 5.59. The molecular formula is C14H14CoN2O4. The molecule has 0 saturated heterocycles. The van der Waals surface area contributed by atoms with Crippen molar-refractivity contribution in [1.82, 2.24) is 0 Å². The zero-order valence-electron chi connectivity index (χ0n) is 10.8. The van der Waals surface area contributed by atoms with Crippen LogP contribution in [0.15, 0.2) is 48.5 Å². The van der Waals surface area contributed by atoms with Crippen molar-refractivity contribution in [1.29, 1.82) is 0 Å². The Balaban J connectivity index is 0.000000364. The third-order valence-corrected chi connectivity index (χ3v) is 2.38. The summed E-state index contributed by atoms with van der Waals surface area (Å²) in [5.41, 5.74) is 11.6. The minimum Gasteiger partial charge on any atom is -0.478 e. The van der Waals surface area contributed by atoms with E-state index < -0.39 is 11.9 Å². The van der Waals surface area contributed by atoms with Gasteiger partial charge in [-0.15, -0.1) is 0 Å². The van der Waals surface area contributed by atoms with Crippen molar-refractivity contribution in [2.24, 2.45) is 0 Å². The van der Waals surface area contributed by atoms with Crippen LogP contribution < -0.4 is 11.5 Å². The van der Waals surface area contributed by atoms with Crippen LogP contribution in [0, 0.1) is 0 Å². The molecule has 0 saturated carbocycles. The second kappa shape index (κ2) is 8.62. The molecule has 0 amide bonds. The van der Waals surface area contributed by atoms with Gasteiger partial charge >= 0.3 is 11.9 Å². The van der Waals surface area contributed by atoms with Crippen molar-refractivity contribution in [3.8, 4) is 0 Å². The van der Waals surface area contributed by atoms with Gasteiger partial charge in [0.1, 0.15) is 0 Å². The van der Waals surface area contributed by atoms with Gasteiger partial charge in [0.25, 0.3) is 0 Å². The Morgan fingerprint density at radius 2 is 1.00 bits per heavy atom. The van der Waals surface area contributed by atoms with Gasteiger partial charge in [0.15, 0.2) is 0 Å². The summed E-state index contributed by atoms with van der Waals surface area (Å²) < 4.78 is 0. The van der Waals surface area contributed by atoms with E-state index in [9.17, 15) is 9.59 Å². The van der Waals surface area contributed by atoms with Gasteiger partial charge in [-0.2, -0.15) is 0 Å². The fraction of sp³-hybridized carbons (Fsp3) is 0. The average Bonchev–Trinajstić information content (AvgIpc) is 2.40. The number of aromatic carboxylic acids is 2. The molecular weight excluding hydrogens is 319 g/mol. The molecule has 1 radical (unpaired) electrons. The molecule has 6 N–H and O–H groups in total. The number of carbonyl (C=O) groups is 2. The van der Waals surface area contributed by atoms with E-state index in [1.807, 2.05) is 0 Å². The number of anilines is 2. The largest absolute Gasteiger partial charge is 0.478 e. The summed E-state index contributed by atoms with van der Waals surface area (Å²) in [6.45, 7) is 0. The summed E-state index contributed by atoms with van der Waals surface area (Å²) in [5.74, 6) is -1.98. The van der Waals surface area contributed by atoms with Crippen LogP contribution in [0.5, 0.6) is 0 Å². The van der Waals surface area contributed by atoms with Crippen LogP contribution in [0.25, 0.3) is 0 Å². The third kappa shape index (κ3) is 5.55. The third-order valence-electron chi connectivity index (χ3n) is 2.38. The van der Waals surface area contributed by atoms with Gasteiger partial charge < -0.3 is 21.7 Å². The molecule has 0 aromatic heterocycles. The monoisotopic (exact) mass is 333 g/mol. The zero-order valence-corrected chi connectivity index (χ0v) is 11.9. The molecule has 0 heterocycles. The second-order valence-electron chi connectivity index (χ2n) is 3.78. The van der Waals surface area contributed by atoms with Crippen LogP contribution in [-0.4, -0.2) is 22.2 Å². The maximum Gasteiger partial charge on any atom is 0.337 e. The molecule has 7 heteroatoms. The summed E-state index contributed by atoms with van der Waals surface area (Å²) in [6, 6.07) is 12.7. The van der Waals surface area contributed by atoms with Gasteiger partial charge in [0.2, 0.25) is 0 Å². The molecule has 0 aliphatic carbocycles. The van der Waals surface area contributed by atoms with Crippen LogP contribution in [0.1, 0.15) is 20.7 Å². The van der Waals surface area contributed by atoms with Gasteiger partial charge in [-0.25, -0.2) is 9.59 Å². The predicted octanol–water partition coefficient (Wildman–Crippen LogP) is 1.93. The van der Waals surface area contributed by atoms with Gasteiger partial charge in [0, 0.05) is 28.2 Å². The van der Waals surface area contributed by atoms with Gasteiger partial charge in [-0.3, -0.25) is 0 Å². The van der Waals surface area contributed by atoms with Gasteiger partial charge in [0.05, 0.1) is 11.1 Å². The Morgan fingerprint density at radius 1 is 0.714 bits per heavy atom. The standard InChI is InChI=1S/2C7H7NO2.Co/c2*8-6-4-2-1-3-5(6)7(9)10;/h2*1-4H,8H2,(H,9,10);. The van der Waals surface area contributed by atoms with E-state index in [0.717, 1.165) is 0 Å². The summed E-state index contributed by atoms with van der Waals surface area (Å²) in [7, 11) is 0. The van der Waals surface area contributed by atoms with Gasteiger partial charge in [-0.05, 0) is 24.3 Å². The Morgan fingerprint density at radius 3 is 1.19 bits per heavy atom. The van der Waals surface area contributed by atoms with E-state index in [4.69, 9.17) is 21.7 Å². The number of carboxylic acids is 2. The molecule has 0 bridgehead atoms. The number of carboxylic acid groups (broad SMARTS) is 2. The second-order valence-corrected chi connectivity index (χ2v) is 3.78. The topological polar surface area (TPSA) is 127 Å². The molecule has 2 aromatic rings.